The lowest BCUT2D eigenvalue weighted by Crippen LogP contribution is -2.38. The van der Waals surface area contributed by atoms with Crippen molar-refractivity contribution < 1.29 is 0 Å². The van der Waals surface area contributed by atoms with Crippen LogP contribution in [0.4, 0.5) is 0 Å². The molecule has 2 rings (SSSR count). The highest BCUT2D eigenvalue weighted by molar-refractivity contribution is 5.80. The van der Waals surface area contributed by atoms with E-state index in [2.05, 4.69) is 89.8 Å². The minimum atomic E-state index is 0.205. The predicted octanol–water partition coefficient (Wildman–Crippen LogP) is 3.95. The van der Waals surface area contributed by atoms with E-state index in [-0.39, 0.29) is 6.04 Å². The van der Waals surface area contributed by atoms with Crippen LogP contribution in [0.2, 0.25) is 0 Å². The molecule has 0 aliphatic heterocycles. The fourth-order valence-corrected chi connectivity index (χ4v) is 2.95. The number of hydrogen-bond acceptors (Lipinski definition) is 2. The summed E-state index contributed by atoms with van der Waals surface area (Å²) in [6, 6.07) is 19.4. The molecular formula is C22H32N4. The van der Waals surface area contributed by atoms with Crippen LogP contribution in [0.25, 0.3) is 0 Å². The highest BCUT2D eigenvalue weighted by Gasteiger charge is 2.07. The van der Waals surface area contributed by atoms with Gasteiger partial charge in [0.1, 0.15) is 0 Å². The Morgan fingerprint density at radius 3 is 2.35 bits per heavy atom. The number of nitrogens with zero attached hydrogens (tertiary/aromatic N) is 2. The number of hydrogen-bond donors (Lipinski definition) is 2. The third-order valence-corrected chi connectivity index (χ3v) is 4.63. The molecule has 4 nitrogen and oxygen atoms in total. The fourth-order valence-electron chi connectivity index (χ4n) is 2.95. The van der Waals surface area contributed by atoms with Gasteiger partial charge in [-0.15, -0.1) is 0 Å². The van der Waals surface area contributed by atoms with Gasteiger partial charge < -0.3 is 10.6 Å². The maximum Gasteiger partial charge on any atom is 0.191 e. The van der Waals surface area contributed by atoms with E-state index in [0.717, 1.165) is 32.1 Å². The minimum absolute atomic E-state index is 0.205. The maximum absolute atomic E-state index is 4.35. The van der Waals surface area contributed by atoms with Crippen LogP contribution in [0.15, 0.2) is 59.6 Å². The molecular weight excluding hydrogens is 320 g/mol. The summed E-state index contributed by atoms with van der Waals surface area (Å²) in [6.45, 7) is 10.5. The molecule has 0 heterocycles. The third kappa shape index (κ3) is 6.19. The van der Waals surface area contributed by atoms with Gasteiger partial charge >= 0.3 is 0 Å². The Morgan fingerprint density at radius 1 is 1.00 bits per heavy atom. The van der Waals surface area contributed by atoms with Gasteiger partial charge in [-0.3, -0.25) is 9.89 Å². The van der Waals surface area contributed by atoms with E-state index < -0.39 is 0 Å². The Labute approximate surface area is 158 Å². The third-order valence-electron chi connectivity index (χ3n) is 4.63. The van der Waals surface area contributed by atoms with E-state index in [1.165, 1.54) is 16.7 Å². The van der Waals surface area contributed by atoms with Crippen LogP contribution in [0.1, 0.15) is 43.5 Å². The summed E-state index contributed by atoms with van der Waals surface area (Å²) >= 11 is 0. The van der Waals surface area contributed by atoms with Crippen molar-refractivity contribution in [3.05, 3.63) is 71.3 Å². The zero-order valence-electron chi connectivity index (χ0n) is 16.5. The van der Waals surface area contributed by atoms with Gasteiger partial charge in [0.2, 0.25) is 0 Å². The number of benzene rings is 2. The smallest absolute Gasteiger partial charge is 0.191 e. The summed E-state index contributed by atoms with van der Waals surface area (Å²) in [7, 11) is 1.81. The van der Waals surface area contributed by atoms with Crippen molar-refractivity contribution in [1.82, 2.24) is 15.5 Å². The quantitative estimate of drug-likeness (QED) is 0.558. The zero-order chi connectivity index (χ0) is 18.8. The van der Waals surface area contributed by atoms with Gasteiger partial charge in [0, 0.05) is 20.1 Å². The zero-order valence-corrected chi connectivity index (χ0v) is 16.5. The van der Waals surface area contributed by atoms with Crippen molar-refractivity contribution in [2.75, 3.05) is 20.1 Å². The lowest BCUT2D eigenvalue weighted by atomic mass is 10.1. The summed E-state index contributed by atoms with van der Waals surface area (Å²) in [5, 5.41) is 6.87. The molecule has 0 saturated carbocycles. The predicted molar refractivity (Wildman–Crippen MR) is 111 cm³/mol. The lowest BCUT2D eigenvalue weighted by Gasteiger charge is -2.19. The van der Waals surface area contributed by atoms with Crippen LogP contribution in [0.3, 0.4) is 0 Å². The summed E-state index contributed by atoms with van der Waals surface area (Å²) in [6.07, 6.45) is 0. The second-order valence-electron chi connectivity index (χ2n) is 6.48. The van der Waals surface area contributed by atoms with Crippen molar-refractivity contribution in [2.45, 2.75) is 39.9 Å². The van der Waals surface area contributed by atoms with Gasteiger partial charge in [-0.2, -0.15) is 0 Å². The van der Waals surface area contributed by atoms with Crippen LogP contribution in [-0.4, -0.2) is 31.0 Å². The average molecular weight is 353 g/mol. The molecule has 0 bridgehead atoms. The Balaban J connectivity index is 1.92. The molecule has 140 valence electrons. The Kier molecular flexibility index (Phi) is 8.16. The monoisotopic (exact) mass is 352 g/mol. The standard InChI is InChI=1S/C22H32N4/c1-5-26(6-2)17-20-12-10-11-19(15-20)16-24-22(23-4)25-18(3)21-13-8-7-9-14-21/h7-15,18H,5-6,16-17H2,1-4H3,(H2,23,24,25). The number of rotatable bonds is 8. The first-order chi connectivity index (χ1) is 12.7. The van der Waals surface area contributed by atoms with Crippen LogP contribution in [0, 0.1) is 0 Å². The normalized spacial score (nSPS) is 12.9. The molecule has 0 radical (unpaired) electrons. The first-order valence-electron chi connectivity index (χ1n) is 9.48. The second kappa shape index (κ2) is 10.6. The van der Waals surface area contributed by atoms with Crippen LogP contribution < -0.4 is 10.6 Å². The molecule has 0 aliphatic carbocycles. The maximum atomic E-state index is 4.35. The molecule has 1 atom stereocenters. The van der Waals surface area contributed by atoms with E-state index in [4.69, 9.17) is 0 Å². The first-order valence-corrected chi connectivity index (χ1v) is 9.48. The van der Waals surface area contributed by atoms with E-state index in [1.54, 1.807) is 0 Å². The molecule has 0 saturated heterocycles. The van der Waals surface area contributed by atoms with Crippen molar-refractivity contribution in [3.63, 3.8) is 0 Å². The molecule has 0 fully saturated rings. The Bertz CT molecular complexity index is 678. The Hall–Kier alpha value is -2.33. The summed E-state index contributed by atoms with van der Waals surface area (Å²) in [5.74, 6) is 0.815. The molecule has 0 aliphatic rings. The SMILES string of the molecule is CCN(CC)Cc1cccc(CNC(=NC)NC(C)c2ccccc2)c1. The molecule has 2 aromatic carbocycles. The fraction of sp³-hybridized carbons (Fsp3) is 0.409. The van der Waals surface area contributed by atoms with Gasteiger partial charge in [0.15, 0.2) is 5.96 Å². The Morgan fingerprint density at radius 2 is 1.69 bits per heavy atom. The average Bonchev–Trinajstić information content (AvgIpc) is 2.70. The van der Waals surface area contributed by atoms with Gasteiger partial charge in [0.25, 0.3) is 0 Å². The van der Waals surface area contributed by atoms with Crippen LogP contribution in [-0.2, 0) is 13.1 Å². The molecule has 2 aromatic rings. The van der Waals surface area contributed by atoms with Crippen molar-refractivity contribution in [1.29, 1.82) is 0 Å². The summed E-state index contributed by atoms with van der Waals surface area (Å²) in [4.78, 5) is 6.78. The van der Waals surface area contributed by atoms with Gasteiger partial charge in [-0.1, -0.05) is 68.4 Å². The summed E-state index contributed by atoms with van der Waals surface area (Å²) in [5.41, 5.74) is 3.87. The van der Waals surface area contributed by atoms with Gasteiger partial charge in [0.05, 0.1) is 6.04 Å². The largest absolute Gasteiger partial charge is 0.352 e. The number of nitrogens with one attached hydrogen (secondary N) is 2. The van der Waals surface area contributed by atoms with E-state index >= 15 is 0 Å². The summed E-state index contributed by atoms with van der Waals surface area (Å²) < 4.78 is 0. The van der Waals surface area contributed by atoms with Crippen LogP contribution in [0.5, 0.6) is 0 Å². The van der Waals surface area contributed by atoms with E-state index in [1.807, 2.05) is 13.1 Å². The number of aliphatic imine (C=N–C) groups is 1. The highest BCUT2D eigenvalue weighted by atomic mass is 15.2. The van der Waals surface area contributed by atoms with E-state index in [9.17, 15) is 0 Å². The lowest BCUT2D eigenvalue weighted by molar-refractivity contribution is 0.296. The van der Waals surface area contributed by atoms with Crippen molar-refractivity contribution >= 4 is 5.96 Å². The van der Waals surface area contributed by atoms with Crippen molar-refractivity contribution in [2.24, 2.45) is 4.99 Å². The number of guanidine groups is 1. The molecule has 0 aromatic heterocycles. The molecule has 0 spiro atoms. The molecule has 26 heavy (non-hydrogen) atoms. The second-order valence-corrected chi connectivity index (χ2v) is 6.48. The van der Waals surface area contributed by atoms with Crippen LogP contribution >= 0.6 is 0 Å². The molecule has 0 amide bonds. The topological polar surface area (TPSA) is 39.7 Å². The minimum Gasteiger partial charge on any atom is -0.352 e. The molecule has 4 heteroatoms. The van der Waals surface area contributed by atoms with E-state index in [0.29, 0.717) is 0 Å². The van der Waals surface area contributed by atoms with Crippen molar-refractivity contribution in [3.8, 4) is 0 Å². The van der Waals surface area contributed by atoms with Gasteiger partial charge in [-0.25, -0.2) is 0 Å². The van der Waals surface area contributed by atoms with Gasteiger partial charge in [-0.05, 0) is 36.7 Å². The molecule has 1 unspecified atom stereocenters. The first kappa shape index (κ1) is 20.0. The highest BCUT2D eigenvalue weighted by Crippen LogP contribution is 2.11. The molecule has 2 N–H and O–H groups in total.